The molecule has 2 N–H and O–H groups in total. The molecule has 1 aromatic rings. The molecule has 1 aromatic carbocycles. The molecule has 94 valence electrons. The summed E-state index contributed by atoms with van der Waals surface area (Å²) in [4.78, 5) is 12.8. The molecule has 0 fully saturated rings. The number of halogens is 2. The summed E-state index contributed by atoms with van der Waals surface area (Å²) in [7, 11) is 0. The Morgan fingerprint density at radius 2 is 2.18 bits per heavy atom. The van der Waals surface area contributed by atoms with Gasteiger partial charge in [-0.2, -0.15) is 0 Å². The van der Waals surface area contributed by atoms with Crippen molar-refractivity contribution in [1.82, 2.24) is 4.90 Å². The van der Waals surface area contributed by atoms with Gasteiger partial charge in [0.05, 0.1) is 6.54 Å². The maximum absolute atomic E-state index is 13.6. The first-order valence-corrected chi connectivity index (χ1v) is 6.15. The van der Waals surface area contributed by atoms with Crippen LogP contribution in [0.3, 0.4) is 0 Å². The van der Waals surface area contributed by atoms with E-state index in [4.69, 9.17) is 5.73 Å². The Kier molecular flexibility index (Phi) is 5.08. The van der Waals surface area contributed by atoms with Crippen LogP contribution in [0.5, 0.6) is 0 Å². The molecule has 0 heterocycles. The van der Waals surface area contributed by atoms with E-state index in [-0.39, 0.29) is 18.4 Å². The van der Waals surface area contributed by atoms with Crippen molar-refractivity contribution in [3.63, 3.8) is 0 Å². The number of amides is 1. The lowest BCUT2D eigenvalue weighted by molar-refractivity contribution is -0.119. The Labute approximate surface area is 109 Å². The third-order valence-corrected chi connectivity index (χ3v) is 2.96. The molecular formula is C12H16BrFN2O. The lowest BCUT2D eigenvalue weighted by Crippen LogP contribution is -2.38. The maximum atomic E-state index is 13.6. The van der Waals surface area contributed by atoms with E-state index in [0.717, 1.165) is 4.47 Å². The maximum Gasteiger partial charge on any atom is 0.231 e. The quantitative estimate of drug-likeness (QED) is 0.907. The van der Waals surface area contributed by atoms with Crippen molar-refractivity contribution in [3.8, 4) is 0 Å². The minimum Gasteiger partial charge on any atom is -0.369 e. The molecule has 0 radical (unpaired) electrons. The molecule has 0 saturated heterocycles. The van der Waals surface area contributed by atoms with Gasteiger partial charge in [-0.25, -0.2) is 4.39 Å². The molecule has 5 heteroatoms. The highest BCUT2D eigenvalue weighted by Crippen LogP contribution is 2.18. The Morgan fingerprint density at radius 1 is 1.53 bits per heavy atom. The Bertz CT molecular complexity index is 409. The van der Waals surface area contributed by atoms with Crippen LogP contribution in [-0.2, 0) is 11.3 Å². The number of nitrogens with two attached hydrogens (primary N) is 1. The number of primary amides is 1. The number of hydrogen-bond acceptors (Lipinski definition) is 2. The zero-order valence-electron chi connectivity index (χ0n) is 9.91. The van der Waals surface area contributed by atoms with Crippen molar-refractivity contribution >= 4 is 21.8 Å². The van der Waals surface area contributed by atoms with E-state index in [1.165, 1.54) is 6.07 Å². The second kappa shape index (κ2) is 6.12. The van der Waals surface area contributed by atoms with Gasteiger partial charge in [0.15, 0.2) is 0 Å². The van der Waals surface area contributed by atoms with E-state index in [0.29, 0.717) is 12.1 Å². The predicted molar refractivity (Wildman–Crippen MR) is 68.8 cm³/mol. The van der Waals surface area contributed by atoms with Gasteiger partial charge in [0.25, 0.3) is 0 Å². The zero-order chi connectivity index (χ0) is 13.0. The average molecular weight is 303 g/mol. The largest absolute Gasteiger partial charge is 0.369 e. The van der Waals surface area contributed by atoms with E-state index in [2.05, 4.69) is 15.9 Å². The van der Waals surface area contributed by atoms with Crippen LogP contribution in [-0.4, -0.2) is 23.4 Å². The van der Waals surface area contributed by atoms with E-state index >= 15 is 0 Å². The minimum atomic E-state index is -0.408. The monoisotopic (exact) mass is 302 g/mol. The van der Waals surface area contributed by atoms with Crippen molar-refractivity contribution < 1.29 is 9.18 Å². The lowest BCUT2D eigenvalue weighted by Gasteiger charge is -2.25. The number of benzene rings is 1. The number of rotatable bonds is 5. The summed E-state index contributed by atoms with van der Waals surface area (Å²) in [5.74, 6) is -0.683. The lowest BCUT2D eigenvalue weighted by atomic mass is 10.1. The SMILES string of the molecule is CC(C)N(CC(N)=O)Cc1cc(Br)ccc1F. The Morgan fingerprint density at radius 3 is 2.71 bits per heavy atom. The highest BCUT2D eigenvalue weighted by atomic mass is 79.9. The molecule has 0 aliphatic rings. The van der Waals surface area contributed by atoms with E-state index in [1.807, 2.05) is 18.7 Å². The van der Waals surface area contributed by atoms with Crippen LogP contribution < -0.4 is 5.73 Å². The van der Waals surface area contributed by atoms with Crippen LogP contribution in [0.2, 0.25) is 0 Å². The number of nitrogens with zero attached hydrogens (tertiary/aromatic N) is 1. The number of carbonyl (C=O) groups is 1. The Balaban J connectivity index is 2.85. The molecule has 0 unspecified atom stereocenters. The van der Waals surface area contributed by atoms with Gasteiger partial charge < -0.3 is 5.73 Å². The molecule has 0 atom stereocenters. The first kappa shape index (κ1) is 14.1. The highest BCUT2D eigenvalue weighted by molar-refractivity contribution is 9.10. The summed E-state index contributed by atoms with van der Waals surface area (Å²) in [6.07, 6.45) is 0. The zero-order valence-corrected chi connectivity index (χ0v) is 11.5. The van der Waals surface area contributed by atoms with Gasteiger partial charge in [0, 0.05) is 22.6 Å². The van der Waals surface area contributed by atoms with Crippen molar-refractivity contribution in [2.75, 3.05) is 6.54 Å². The number of hydrogen-bond donors (Lipinski definition) is 1. The fourth-order valence-electron chi connectivity index (χ4n) is 1.50. The molecule has 17 heavy (non-hydrogen) atoms. The fourth-order valence-corrected chi connectivity index (χ4v) is 1.91. The molecule has 0 bridgehead atoms. The molecule has 0 aliphatic carbocycles. The van der Waals surface area contributed by atoms with Crippen LogP contribution >= 0.6 is 15.9 Å². The minimum absolute atomic E-state index is 0.126. The third kappa shape index (κ3) is 4.44. The van der Waals surface area contributed by atoms with Gasteiger partial charge in [0.1, 0.15) is 5.82 Å². The summed E-state index contributed by atoms with van der Waals surface area (Å²) in [6.45, 7) is 4.38. The smallest absolute Gasteiger partial charge is 0.231 e. The van der Waals surface area contributed by atoms with E-state index in [1.54, 1.807) is 12.1 Å². The summed E-state index contributed by atoms with van der Waals surface area (Å²) in [5.41, 5.74) is 5.72. The first-order valence-electron chi connectivity index (χ1n) is 5.36. The molecule has 0 spiro atoms. The van der Waals surface area contributed by atoms with E-state index in [9.17, 15) is 9.18 Å². The van der Waals surface area contributed by atoms with Crippen LogP contribution in [0.25, 0.3) is 0 Å². The van der Waals surface area contributed by atoms with Gasteiger partial charge in [-0.15, -0.1) is 0 Å². The van der Waals surface area contributed by atoms with Crippen molar-refractivity contribution in [3.05, 3.63) is 34.1 Å². The van der Waals surface area contributed by atoms with Crippen LogP contribution in [0, 0.1) is 5.82 Å². The van der Waals surface area contributed by atoms with Gasteiger partial charge in [-0.3, -0.25) is 9.69 Å². The Hall–Kier alpha value is -0.940. The summed E-state index contributed by atoms with van der Waals surface area (Å²) in [6, 6.07) is 4.89. The molecule has 0 aliphatic heterocycles. The first-order chi connectivity index (χ1) is 7.90. The second-order valence-electron chi connectivity index (χ2n) is 4.20. The molecule has 1 amide bonds. The predicted octanol–water partition coefficient (Wildman–Crippen LogP) is 2.28. The molecule has 3 nitrogen and oxygen atoms in total. The van der Waals surface area contributed by atoms with Crippen LogP contribution in [0.1, 0.15) is 19.4 Å². The number of carbonyl (C=O) groups excluding carboxylic acids is 1. The standard InChI is InChI=1S/C12H16BrFN2O/c1-8(2)16(7-12(15)17)6-9-5-10(13)3-4-11(9)14/h3-5,8H,6-7H2,1-2H3,(H2,15,17). The van der Waals surface area contributed by atoms with Gasteiger partial charge in [-0.05, 0) is 32.0 Å². The highest BCUT2D eigenvalue weighted by Gasteiger charge is 2.15. The van der Waals surface area contributed by atoms with Gasteiger partial charge in [0.2, 0.25) is 5.91 Å². The van der Waals surface area contributed by atoms with Gasteiger partial charge >= 0.3 is 0 Å². The molecule has 0 aromatic heterocycles. The van der Waals surface area contributed by atoms with Crippen LogP contribution in [0.4, 0.5) is 4.39 Å². The summed E-state index contributed by atoms with van der Waals surface area (Å²) in [5, 5.41) is 0. The molecular weight excluding hydrogens is 287 g/mol. The van der Waals surface area contributed by atoms with Crippen molar-refractivity contribution in [1.29, 1.82) is 0 Å². The summed E-state index contributed by atoms with van der Waals surface area (Å²) < 4.78 is 14.4. The molecule has 0 saturated carbocycles. The molecule has 1 rings (SSSR count). The van der Waals surface area contributed by atoms with Crippen LogP contribution in [0.15, 0.2) is 22.7 Å². The normalized spacial score (nSPS) is 11.2. The third-order valence-electron chi connectivity index (χ3n) is 2.47. The fraction of sp³-hybridized carbons (Fsp3) is 0.417. The topological polar surface area (TPSA) is 46.3 Å². The van der Waals surface area contributed by atoms with Crippen molar-refractivity contribution in [2.24, 2.45) is 5.73 Å². The summed E-state index contributed by atoms with van der Waals surface area (Å²) >= 11 is 3.30. The second-order valence-corrected chi connectivity index (χ2v) is 5.12. The van der Waals surface area contributed by atoms with Gasteiger partial charge in [-0.1, -0.05) is 15.9 Å². The average Bonchev–Trinajstić information content (AvgIpc) is 2.21. The van der Waals surface area contributed by atoms with E-state index < -0.39 is 5.91 Å². The van der Waals surface area contributed by atoms with Crippen molar-refractivity contribution in [2.45, 2.75) is 26.4 Å².